The molecule has 1 aromatic heterocycles. The van der Waals surface area contributed by atoms with Gasteiger partial charge in [-0.15, -0.1) is 0 Å². The first-order valence-corrected chi connectivity index (χ1v) is 6.89. The quantitative estimate of drug-likeness (QED) is 0.665. The fraction of sp³-hybridized carbons (Fsp3) is 0. The monoisotopic (exact) mass is 354 g/mol. The molecule has 1 aromatic carbocycles. The van der Waals surface area contributed by atoms with Crippen LogP contribution in [-0.4, -0.2) is 21.0 Å². The lowest BCUT2D eigenvalue weighted by atomic mass is 10.2. The van der Waals surface area contributed by atoms with Gasteiger partial charge in [0.1, 0.15) is 0 Å². The number of benzene rings is 1. The van der Waals surface area contributed by atoms with Crippen LogP contribution in [0, 0.1) is 10.1 Å². The van der Waals surface area contributed by atoms with Crippen molar-refractivity contribution in [2.24, 2.45) is 0 Å². The standard InChI is InChI=1S/C12H7BrN2O4S/c13-8-5-10(15(18)19)11(14-6-8)20-9-3-1-2-7(4-9)12(16)17/h1-6H,(H,16,17). The number of aromatic carboxylic acids is 1. The zero-order chi connectivity index (χ0) is 14.7. The number of nitro groups is 1. The van der Waals surface area contributed by atoms with Crippen molar-refractivity contribution in [3.63, 3.8) is 0 Å². The zero-order valence-corrected chi connectivity index (χ0v) is 12.2. The maximum Gasteiger partial charge on any atom is 0.335 e. The van der Waals surface area contributed by atoms with Gasteiger partial charge in [0, 0.05) is 21.6 Å². The van der Waals surface area contributed by atoms with Crippen molar-refractivity contribution in [3.8, 4) is 0 Å². The molecule has 0 atom stereocenters. The van der Waals surface area contributed by atoms with E-state index in [1.807, 2.05) is 0 Å². The normalized spacial score (nSPS) is 10.2. The van der Waals surface area contributed by atoms with Gasteiger partial charge in [0.2, 0.25) is 0 Å². The zero-order valence-electron chi connectivity index (χ0n) is 9.82. The Morgan fingerprint density at radius 3 is 2.80 bits per heavy atom. The lowest BCUT2D eigenvalue weighted by molar-refractivity contribution is -0.388. The minimum Gasteiger partial charge on any atom is -0.478 e. The summed E-state index contributed by atoms with van der Waals surface area (Å²) >= 11 is 4.17. The number of nitrogens with zero attached hydrogens (tertiary/aromatic N) is 2. The average Bonchev–Trinajstić information content (AvgIpc) is 2.41. The minimum absolute atomic E-state index is 0.120. The minimum atomic E-state index is -1.05. The van der Waals surface area contributed by atoms with Crippen molar-refractivity contribution in [2.45, 2.75) is 9.92 Å². The molecule has 0 aliphatic rings. The van der Waals surface area contributed by atoms with Gasteiger partial charge in [-0.05, 0) is 34.1 Å². The molecule has 0 radical (unpaired) electrons. The molecule has 1 N–H and O–H groups in total. The summed E-state index contributed by atoms with van der Waals surface area (Å²) in [5.74, 6) is -1.05. The summed E-state index contributed by atoms with van der Waals surface area (Å²) in [7, 11) is 0. The number of carboxylic acid groups (broad SMARTS) is 1. The van der Waals surface area contributed by atoms with Gasteiger partial charge in [0.15, 0.2) is 5.03 Å². The predicted molar refractivity (Wildman–Crippen MR) is 76.1 cm³/mol. The fourth-order valence-corrected chi connectivity index (χ4v) is 2.65. The Kier molecular flexibility index (Phi) is 4.35. The molecule has 8 heteroatoms. The Bertz CT molecular complexity index is 693. The molecule has 6 nitrogen and oxygen atoms in total. The topological polar surface area (TPSA) is 93.3 Å². The second kappa shape index (κ2) is 6.02. The number of pyridine rings is 1. The summed E-state index contributed by atoms with van der Waals surface area (Å²) in [4.78, 5) is 25.9. The Morgan fingerprint density at radius 2 is 2.15 bits per heavy atom. The molecule has 0 aliphatic carbocycles. The number of aromatic nitrogens is 1. The Labute approximate surface area is 126 Å². The predicted octanol–water partition coefficient (Wildman–Crippen LogP) is 3.60. The van der Waals surface area contributed by atoms with Crippen molar-refractivity contribution >= 4 is 39.3 Å². The van der Waals surface area contributed by atoms with Crippen LogP contribution in [0.5, 0.6) is 0 Å². The van der Waals surface area contributed by atoms with E-state index in [-0.39, 0.29) is 16.3 Å². The van der Waals surface area contributed by atoms with Gasteiger partial charge >= 0.3 is 11.7 Å². The third-order valence-corrected chi connectivity index (χ3v) is 3.72. The summed E-state index contributed by atoms with van der Waals surface area (Å²) in [6.07, 6.45) is 1.45. The van der Waals surface area contributed by atoms with Gasteiger partial charge in [0.25, 0.3) is 0 Å². The summed E-state index contributed by atoms with van der Waals surface area (Å²) in [6.45, 7) is 0. The van der Waals surface area contributed by atoms with Crippen LogP contribution in [0.4, 0.5) is 5.69 Å². The summed E-state index contributed by atoms with van der Waals surface area (Å²) in [6, 6.07) is 7.51. The molecule has 0 bridgehead atoms. The second-order valence-corrected chi connectivity index (χ2v) is 5.65. The van der Waals surface area contributed by atoms with Crippen molar-refractivity contribution in [3.05, 3.63) is 56.7 Å². The number of carboxylic acids is 1. The average molecular weight is 355 g/mol. The van der Waals surface area contributed by atoms with Crippen LogP contribution in [0.1, 0.15) is 10.4 Å². The molecule has 0 unspecified atom stereocenters. The summed E-state index contributed by atoms with van der Waals surface area (Å²) in [5, 5.41) is 20.1. The molecule has 2 aromatic rings. The van der Waals surface area contributed by atoms with Gasteiger partial charge in [-0.1, -0.05) is 17.8 Å². The SMILES string of the molecule is O=C(O)c1cccc(Sc2ncc(Br)cc2[N+](=O)[O-])c1. The molecule has 0 saturated carbocycles. The lowest BCUT2D eigenvalue weighted by Gasteiger charge is -2.03. The number of halogens is 1. The molecule has 0 fully saturated rings. The van der Waals surface area contributed by atoms with Gasteiger partial charge in [0.05, 0.1) is 10.5 Å². The van der Waals surface area contributed by atoms with E-state index in [0.29, 0.717) is 9.37 Å². The lowest BCUT2D eigenvalue weighted by Crippen LogP contribution is -1.96. The molecule has 102 valence electrons. The van der Waals surface area contributed by atoms with Crippen LogP contribution in [0.3, 0.4) is 0 Å². The highest BCUT2D eigenvalue weighted by molar-refractivity contribution is 9.10. The number of hydrogen-bond donors (Lipinski definition) is 1. The van der Waals surface area contributed by atoms with E-state index in [9.17, 15) is 14.9 Å². The molecular weight excluding hydrogens is 348 g/mol. The maximum absolute atomic E-state index is 11.0. The van der Waals surface area contributed by atoms with Crippen LogP contribution < -0.4 is 0 Å². The van der Waals surface area contributed by atoms with Gasteiger partial charge < -0.3 is 5.11 Å². The van der Waals surface area contributed by atoms with E-state index >= 15 is 0 Å². The molecule has 0 saturated heterocycles. The van der Waals surface area contributed by atoms with Crippen molar-refractivity contribution in [1.82, 2.24) is 4.98 Å². The smallest absolute Gasteiger partial charge is 0.335 e. The van der Waals surface area contributed by atoms with Crippen LogP contribution in [0.25, 0.3) is 0 Å². The van der Waals surface area contributed by atoms with E-state index in [4.69, 9.17) is 5.11 Å². The molecule has 0 spiro atoms. The first-order chi connectivity index (χ1) is 9.47. The van der Waals surface area contributed by atoms with Crippen LogP contribution in [0.2, 0.25) is 0 Å². The second-order valence-electron chi connectivity index (χ2n) is 3.67. The van der Waals surface area contributed by atoms with Crippen molar-refractivity contribution < 1.29 is 14.8 Å². The Morgan fingerprint density at radius 1 is 1.40 bits per heavy atom. The van der Waals surface area contributed by atoms with Gasteiger partial charge in [-0.25, -0.2) is 9.78 Å². The molecule has 0 aliphatic heterocycles. The van der Waals surface area contributed by atoms with Crippen molar-refractivity contribution in [2.75, 3.05) is 0 Å². The van der Waals surface area contributed by atoms with Crippen molar-refractivity contribution in [1.29, 1.82) is 0 Å². The van der Waals surface area contributed by atoms with Crippen LogP contribution >= 0.6 is 27.7 Å². The number of carbonyl (C=O) groups is 1. The molecule has 1 heterocycles. The summed E-state index contributed by atoms with van der Waals surface area (Å²) < 4.78 is 0.507. The maximum atomic E-state index is 11.0. The molecule has 2 rings (SSSR count). The van der Waals surface area contributed by atoms with E-state index in [2.05, 4.69) is 20.9 Å². The highest BCUT2D eigenvalue weighted by Gasteiger charge is 2.17. The highest BCUT2D eigenvalue weighted by Crippen LogP contribution is 2.34. The van der Waals surface area contributed by atoms with Crippen LogP contribution in [0.15, 0.2) is 50.9 Å². The van der Waals surface area contributed by atoms with Gasteiger partial charge in [-0.2, -0.15) is 0 Å². The first-order valence-electron chi connectivity index (χ1n) is 5.28. The summed E-state index contributed by atoms with van der Waals surface area (Å²) in [5.41, 5.74) is -0.0140. The molecule has 20 heavy (non-hydrogen) atoms. The Balaban J connectivity index is 2.37. The number of hydrogen-bond acceptors (Lipinski definition) is 5. The number of rotatable bonds is 4. The van der Waals surface area contributed by atoms with E-state index in [0.717, 1.165) is 11.8 Å². The Hall–Kier alpha value is -1.93. The third kappa shape index (κ3) is 3.34. The van der Waals surface area contributed by atoms with E-state index in [1.54, 1.807) is 12.1 Å². The third-order valence-electron chi connectivity index (χ3n) is 2.29. The fourth-order valence-electron chi connectivity index (χ4n) is 1.43. The van der Waals surface area contributed by atoms with Crippen LogP contribution in [-0.2, 0) is 0 Å². The van der Waals surface area contributed by atoms with Gasteiger partial charge in [-0.3, -0.25) is 10.1 Å². The van der Waals surface area contributed by atoms with E-state index in [1.165, 1.54) is 24.4 Å². The highest BCUT2D eigenvalue weighted by atomic mass is 79.9. The molecular formula is C12H7BrN2O4S. The largest absolute Gasteiger partial charge is 0.478 e. The first kappa shape index (κ1) is 14.5. The molecule has 0 amide bonds. The van der Waals surface area contributed by atoms with E-state index < -0.39 is 10.9 Å².